The summed E-state index contributed by atoms with van der Waals surface area (Å²) >= 11 is 14.9. The zero-order chi connectivity index (χ0) is 31.8. The van der Waals surface area contributed by atoms with Gasteiger partial charge in [-0.25, -0.2) is 9.97 Å². The third kappa shape index (κ3) is 8.13. The molecule has 10 nitrogen and oxygen atoms in total. The van der Waals surface area contributed by atoms with Crippen molar-refractivity contribution in [3.05, 3.63) is 74.3 Å². The molecule has 4 heterocycles. The van der Waals surface area contributed by atoms with E-state index in [9.17, 15) is 14.0 Å². The number of carbonyl (C=O) groups excluding carboxylic acids is 2. The van der Waals surface area contributed by atoms with Gasteiger partial charge in [-0.05, 0) is 37.6 Å². The van der Waals surface area contributed by atoms with E-state index in [4.69, 9.17) is 32.9 Å². The van der Waals surface area contributed by atoms with Gasteiger partial charge < -0.3 is 26.0 Å². The van der Waals surface area contributed by atoms with Gasteiger partial charge in [0.15, 0.2) is 5.01 Å². The number of hydrogen-bond acceptors (Lipinski definition) is 9. The second-order valence-corrected chi connectivity index (χ2v) is 12.2. The highest BCUT2D eigenvalue weighted by Crippen LogP contribution is 2.40. The summed E-state index contributed by atoms with van der Waals surface area (Å²) in [5, 5.41) is 13.1. The normalized spacial score (nSPS) is 14.4. The van der Waals surface area contributed by atoms with E-state index < -0.39 is 5.91 Å². The minimum absolute atomic E-state index is 0.0819. The SMILES string of the molecule is COc1nc(-c2ccnc(-c3cccc(NC(=O)c4ncc(CNCCCF)s4)c3Cl)c2Cl)ccc1CNC[C@H]1CCC(=O)N1. The maximum absolute atomic E-state index is 13.0. The Morgan fingerprint density at radius 2 is 1.98 bits per heavy atom. The van der Waals surface area contributed by atoms with Gasteiger partial charge in [0.25, 0.3) is 5.91 Å². The number of amides is 2. The van der Waals surface area contributed by atoms with Crippen LogP contribution >= 0.6 is 34.5 Å². The van der Waals surface area contributed by atoms with E-state index in [0.717, 1.165) is 16.9 Å². The number of rotatable bonds is 14. The van der Waals surface area contributed by atoms with Crippen LogP contribution in [0.15, 0.2) is 48.8 Å². The van der Waals surface area contributed by atoms with Crippen molar-refractivity contribution < 1.29 is 18.7 Å². The highest BCUT2D eigenvalue weighted by molar-refractivity contribution is 7.13. The van der Waals surface area contributed by atoms with Gasteiger partial charge in [0, 0.05) is 66.1 Å². The molecule has 4 N–H and O–H groups in total. The number of thiazole rings is 1. The number of aromatic nitrogens is 3. The van der Waals surface area contributed by atoms with Crippen molar-refractivity contribution in [2.75, 3.05) is 32.2 Å². The Balaban J connectivity index is 1.30. The van der Waals surface area contributed by atoms with E-state index in [1.807, 2.05) is 12.1 Å². The maximum Gasteiger partial charge on any atom is 0.284 e. The number of hydrogen-bond donors (Lipinski definition) is 4. The molecule has 0 saturated carbocycles. The number of alkyl halides is 1. The van der Waals surface area contributed by atoms with Gasteiger partial charge in [0.1, 0.15) is 0 Å². The van der Waals surface area contributed by atoms with Crippen molar-refractivity contribution in [3.8, 4) is 28.4 Å². The topological polar surface area (TPSA) is 130 Å². The van der Waals surface area contributed by atoms with Crippen LogP contribution in [0.5, 0.6) is 5.88 Å². The molecule has 0 radical (unpaired) electrons. The number of benzene rings is 1. The zero-order valence-electron chi connectivity index (χ0n) is 24.5. The molecule has 0 spiro atoms. The molecule has 2 amide bonds. The van der Waals surface area contributed by atoms with Gasteiger partial charge in [-0.3, -0.25) is 19.0 Å². The predicted molar refractivity (Wildman–Crippen MR) is 175 cm³/mol. The quantitative estimate of drug-likeness (QED) is 0.127. The van der Waals surface area contributed by atoms with Gasteiger partial charge in [-0.15, -0.1) is 11.3 Å². The Labute approximate surface area is 274 Å². The number of nitrogens with zero attached hydrogens (tertiary/aromatic N) is 3. The van der Waals surface area contributed by atoms with E-state index in [2.05, 4.69) is 31.2 Å². The number of pyridine rings is 2. The van der Waals surface area contributed by atoms with Crippen LogP contribution in [0, 0.1) is 0 Å². The molecule has 45 heavy (non-hydrogen) atoms. The van der Waals surface area contributed by atoms with Crippen molar-refractivity contribution in [3.63, 3.8) is 0 Å². The first kappa shape index (κ1) is 32.7. The van der Waals surface area contributed by atoms with Crippen molar-refractivity contribution in [2.45, 2.75) is 38.4 Å². The number of ether oxygens (including phenoxy) is 1. The average Bonchev–Trinajstić information content (AvgIpc) is 3.70. The van der Waals surface area contributed by atoms with Crippen LogP contribution in [-0.4, -0.2) is 59.7 Å². The number of carbonyl (C=O) groups is 2. The van der Waals surface area contributed by atoms with E-state index in [1.54, 1.807) is 43.8 Å². The lowest BCUT2D eigenvalue weighted by atomic mass is 10.1. The molecule has 14 heteroatoms. The monoisotopic (exact) mass is 671 g/mol. The second-order valence-electron chi connectivity index (χ2n) is 10.3. The van der Waals surface area contributed by atoms with Crippen LogP contribution in [-0.2, 0) is 17.9 Å². The molecule has 1 aliphatic heterocycles. The Bertz CT molecular complexity index is 1670. The molecule has 4 aromatic rings. The minimum Gasteiger partial charge on any atom is -0.481 e. The van der Waals surface area contributed by atoms with Gasteiger partial charge in [-0.1, -0.05) is 41.4 Å². The molecule has 3 aromatic heterocycles. The van der Waals surface area contributed by atoms with E-state index in [1.165, 1.54) is 11.3 Å². The van der Waals surface area contributed by atoms with E-state index in [0.29, 0.717) is 78.1 Å². The third-order valence-electron chi connectivity index (χ3n) is 7.13. The Morgan fingerprint density at radius 1 is 1.11 bits per heavy atom. The molecule has 0 aliphatic carbocycles. The molecule has 0 unspecified atom stereocenters. The summed E-state index contributed by atoms with van der Waals surface area (Å²) in [7, 11) is 1.56. The standard InChI is InChI=1S/C31H32Cl2FN7O3S/c1-44-30-18(14-36-15-19-7-9-25(42)39-19)6-8-23(41-30)21-10-13-37-28(27(21)33)22-4-2-5-24(26(22)32)40-29(43)31-38-17-20(45-31)16-35-12-3-11-34/h2,4-6,8,10,13,17,19,35-36H,3,7,9,11-12,14-16H2,1H3,(H,39,42)(H,40,43)/t19-/m1/s1. The first-order chi connectivity index (χ1) is 21.9. The fourth-order valence-corrected chi connectivity index (χ4v) is 6.21. The second kappa shape index (κ2) is 15.5. The van der Waals surface area contributed by atoms with Gasteiger partial charge in [0.05, 0.1) is 40.9 Å². The molecule has 1 fully saturated rings. The Morgan fingerprint density at radius 3 is 2.76 bits per heavy atom. The largest absolute Gasteiger partial charge is 0.481 e. The fraction of sp³-hybridized carbons (Fsp3) is 0.323. The summed E-state index contributed by atoms with van der Waals surface area (Å²) in [5.74, 6) is 0.132. The lowest BCUT2D eigenvalue weighted by molar-refractivity contribution is -0.119. The minimum atomic E-state index is -0.402. The summed E-state index contributed by atoms with van der Waals surface area (Å²) in [5.41, 5.74) is 3.43. The summed E-state index contributed by atoms with van der Waals surface area (Å²) in [6.45, 7) is 1.85. The van der Waals surface area contributed by atoms with Crippen LogP contribution in [0.2, 0.25) is 10.0 Å². The number of anilines is 1. The van der Waals surface area contributed by atoms with Crippen LogP contribution in [0.1, 0.15) is 39.5 Å². The van der Waals surface area contributed by atoms with Crippen molar-refractivity contribution >= 4 is 52.0 Å². The van der Waals surface area contributed by atoms with Gasteiger partial charge >= 0.3 is 0 Å². The number of halogens is 3. The molecule has 1 aromatic carbocycles. The lowest BCUT2D eigenvalue weighted by Crippen LogP contribution is -2.35. The Hall–Kier alpha value is -3.68. The molecule has 236 valence electrons. The van der Waals surface area contributed by atoms with Crippen LogP contribution in [0.25, 0.3) is 22.5 Å². The number of methoxy groups -OCH3 is 1. The first-order valence-corrected chi connectivity index (χ1v) is 16.0. The molecular weight excluding hydrogens is 640 g/mol. The van der Waals surface area contributed by atoms with Crippen molar-refractivity contribution in [1.29, 1.82) is 0 Å². The van der Waals surface area contributed by atoms with Gasteiger partial charge in [-0.2, -0.15) is 0 Å². The maximum atomic E-state index is 13.0. The summed E-state index contributed by atoms with van der Waals surface area (Å²) in [4.78, 5) is 38.7. The van der Waals surface area contributed by atoms with E-state index >= 15 is 0 Å². The predicted octanol–water partition coefficient (Wildman–Crippen LogP) is 5.65. The molecule has 1 atom stereocenters. The van der Waals surface area contributed by atoms with E-state index in [-0.39, 0.29) is 28.7 Å². The molecular formula is C31H32Cl2FN7O3S. The highest BCUT2D eigenvalue weighted by Gasteiger charge is 2.21. The molecule has 1 saturated heterocycles. The summed E-state index contributed by atoms with van der Waals surface area (Å²) in [6, 6.07) is 10.9. The average molecular weight is 673 g/mol. The van der Waals surface area contributed by atoms with Crippen LogP contribution in [0.4, 0.5) is 10.1 Å². The smallest absolute Gasteiger partial charge is 0.284 e. The Kier molecular flexibility index (Phi) is 11.3. The lowest BCUT2D eigenvalue weighted by Gasteiger charge is -2.15. The first-order valence-electron chi connectivity index (χ1n) is 14.4. The highest BCUT2D eigenvalue weighted by atomic mass is 35.5. The van der Waals surface area contributed by atoms with Crippen LogP contribution in [0.3, 0.4) is 0 Å². The zero-order valence-corrected chi connectivity index (χ0v) is 26.8. The fourth-order valence-electron chi connectivity index (χ4n) is 4.86. The van der Waals surface area contributed by atoms with Crippen LogP contribution < -0.4 is 26.0 Å². The van der Waals surface area contributed by atoms with Gasteiger partial charge in [0.2, 0.25) is 11.8 Å². The summed E-state index contributed by atoms with van der Waals surface area (Å²) in [6.07, 6.45) is 5.05. The van der Waals surface area contributed by atoms with Crippen molar-refractivity contribution in [1.82, 2.24) is 30.9 Å². The van der Waals surface area contributed by atoms with Crippen molar-refractivity contribution in [2.24, 2.45) is 0 Å². The molecule has 5 rings (SSSR count). The summed E-state index contributed by atoms with van der Waals surface area (Å²) < 4.78 is 17.9. The molecule has 0 bridgehead atoms. The third-order valence-corrected chi connectivity index (χ3v) is 8.91. The molecule has 1 aliphatic rings. The number of nitrogens with one attached hydrogen (secondary N) is 4.